The van der Waals surface area contributed by atoms with Gasteiger partial charge >= 0.3 is 0 Å². The zero-order valence-electron chi connectivity index (χ0n) is 9.88. The first-order valence-electron chi connectivity index (χ1n) is 5.73. The minimum atomic E-state index is -0.396. The maximum Gasteiger partial charge on any atom is 0.275 e. The lowest BCUT2D eigenvalue weighted by Crippen LogP contribution is -2.12. The van der Waals surface area contributed by atoms with Crippen molar-refractivity contribution in [1.82, 2.24) is 9.38 Å². The van der Waals surface area contributed by atoms with Crippen molar-refractivity contribution >= 4 is 17.2 Å². The summed E-state index contributed by atoms with van der Waals surface area (Å²) in [6.45, 7) is 0. The monoisotopic (exact) mass is 255 g/mol. The zero-order valence-corrected chi connectivity index (χ0v) is 9.88. The second-order valence-corrected chi connectivity index (χ2v) is 4.06. The quantitative estimate of drug-likeness (QED) is 0.765. The van der Waals surface area contributed by atoms with Gasteiger partial charge in [-0.3, -0.25) is 4.79 Å². The molecule has 19 heavy (non-hydrogen) atoms. The largest absolute Gasteiger partial charge is 0.321 e. The van der Waals surface area contributed by atoms with Crippen LogP contribution in [-0.2, 0) is 0 Å². The van der Waals surface area contributed by atoms with Crippen molar-refractivity contribution < 1.29 is 9.18 Å². The summed E-state index contributed by atoms with van der Waals surface area (Å²) in [5, 5.41) is 2.61. The van der Waals surface area contributed by atoms with Crippen molar-refractivity contribution in [1.29, 1.82) is 0 Å². The summed E-state index contributed by atoms with van der Waals surface area (Å²) in [7, 11) is 0. The Hall–Kier alpha value is -2.69. The fraction of sp³-hybridized carbons (Fsp3) is 0. The topological polar surface area (TPSA) is 46.4 Å². The Balaban J connectivity index is 1.87. The van der Waals surface area contributed by atoms with Gasteiger partial charge in [-0.15, -0.1) is 0 Å². The summed E-state index contributed by atoms with van der Waals surface area (Å²) in [5.41, 5.74) is 1.38. The zero-order chi connectivity index (χ0) is 13.2. The highest BCUT2D eigenvalue weighted by Crippen LogP contribution is 2.11. The fourth-order valence-electron chi connectivity index (χ4n) is 1.81. The van der Waals surface area contributed by atoms with Crippen molar-refractivity contribution in [2.24, 2.45) is 0 Å². The molecule has 3 aromatic rings. The first-order valence-corrected chi connectivity index (χ1v) is 5.73. The minimum Gasteiger partial charge on any atom is -0.321 e. The molecule has 0 spiro atoms. The SMILES string of the molecule is O=C(Nc1cccc(F)c1)c1cn2ccccc2n1. The van der Waals surface area contributed by atoms with Gasteiger partial charge < -0.3 is 9.72 Å². The average Bonchev–Trinajstić information content (AvgIpc) is 2.82. The van der Waals surface area contributed by atoms with Crippen LogP contribution in [0.5, 0.6) is 0 Å². The van der Waals surface area contributed by atoms with Gasteiger partial charge in [0.05, 0.1) is 0 Å². The third-order valence-corrected chi connectivity index (χ3v) is 2.68. The van der Waals surface area contributed by atoms with E-state index < -0.39 is 5.82 Å². The molecule has 0 atom stereocenters. The molecule has 0 radical (unpaired) electrons. The molecule has 2 heterocycles. The van der Waals surface area contributed by atoms with Crippen LogP contribution in [0.1, 0.15) is 10.5 Å². The van der Waals surface area contributed by atoms with E-state index in [1.807, 2.05) is 12.1 Å². The van der Waals surface area contributed by atoms with Crippen molar-refractivity contribution in [3.8, 4) is 0 Å². The van der Waals surface area contributed by atoms with Crippen molar-refractivity contribution in [2.75, 3.05) is 5.32 Å². The number of rotatable bonds is 2. The normalized spacial score (nSPS) is 10.6. The Morgan fingerprint density at radius 2 is 2.11 bits per heavy atom. The standard InChI is InChI=1S/C14H10FN3O/c15-10-4-3-5-11(8-10)16-14(19)12-9-18-7-2-1-6-13(18)17-12/h1-9H,(H,16,19). The number of fused-ring (bicyclic) bond motifs is 1. The van der Waals surface area contributed by atoms with Crippen LogP contribution in [0.2, 0.25) is 0 Å². The Labute approximate surface area is 108 Å². The van der Waals surface area contributed by atoms with Crippen molar-refractivity contribution in [3.63, 3.8) is 0 Å². The number of nitrogens with zero attached hydrogens (tertiary/aromatic N) is 2. The van der Waals surface area contributed by atoms with Crippen LogP contribution in [0.3, 0.4) is 0 Å². The molecule has 0 saturated heterocycles. The lowest BCUT2D eigenvalue weighted by Gasteiger charge is -2.02. The number of aromatic nitrogens is 2. The number of hydrogen-bond acceptors (Lipinski definition) is 2. The van der Waals surface area contributed by atoms with Gasteiger partial charge in [-0.25, -0.2) is 9.37 Å². The van der Waals surface area contributed by atoms with E-state index in [1.54, 1.807) is 28.9 Å². The van der Waals surface area contributed by atoms with E-state index in [0.717, 1.165) is 0 Å². The smallest absolute Gasteiger partial charge is 0.275 e. The van der Waals surface area contributed by atoms with E-state index in [9.17, 15) is 9.18 Å². The third-order valence-electron chi connectivity index (χ3n) is 2.68. The molecular formula is C14H10FN3O. The fourth-order valence-corrected chi connectivity index (χ4v) is 1.81. The predicted molar refractivity (Wildman–Crippen MR) is 69.5 cm³/mol. The molecular weight excluding hydrogens is 245 g/mol. The van der Waals surface area contributed by atoms with E-state index in [1.165, 1.54) is 18.2 Å². The summed E-state index contributed by atoms with van der Waals surface area (Å²) in [6.07, 6.45) is 3.44. The number of nitrogens with one attached hydrogen (secondary N) is 1. The number of carbonyl (C=O) groups is 1. The van der Waals surface area contributed by atoms with Crippen LogP contribution in [0.25, 0.3) is 5.65 Å². The molecule has 0 aliphatic heterocycles. The summed E-state index contributed by atoms with van der Waals surface area (Å²) >= 11 is 0. The molecule has 0 aliphatic carbocycles. The highest BCUT2D eigenvalue weighted by Gasteiger charge is 2.10. The molecule has 2 aromatic heterocycles. The maximum atomic E-state index is 13.0. The van der Waals surface area contributed by atoms with Gasteiger partial charge in [0.25, 0.3) is 5.91 Å². The molecule has 0 saturated carbocycles. The average molecular weight is 255 g/mol. The molecule has 0 bridgehead atoms. The van der Waals surface area contributed by atoms with E-state index in [4.69, 9.17) is 0 Å². The van der Waals surface area contributed by atoms with Gasteiger partial charge in [0.1, 0.15) is 17.2 Å². The lowest BCUT2D eigenvalue weighted by molar-refractivity contribution is 0.102. The number of hydrogen-bond donors (Lipinski definition) is 1. The molecule has 4 nitrogen and oxygen atoms in total. The lowest BCUT2D eigenvalue weighted by atomic mass is 10.3. The summed E-state index contributed by atoms with van der Waals surface area (Å²) < 4.78 is 14.8. The molecule has 3 rings (SSSR count). The molecule has 1 aromatic carbocycles. The van der Waals surface area contributed by atoms with Crippen LogP contribution in [0.15, 0.2) is 54.9 Å². The number of halogens is 1. The first kappa shape index (κ1) is 11.4. The molecule has 1 N–H and O–H groups in total. The number of carbonyl (C=O) groups excluding carboxylic acids is 1. The molecule has 1 amide bonds. The Bertz CT molecular complexity index is 718. The van der Waals surface area contributed by atoms with Crippen LogP contribution in [-0.4, -0.2) is 15.3 Å². The third kappa shape index (κ3) is 2.30. The van der Waals surface area contributed by atoms with E-state index >= 15 is 0 Å². The molecule has 94 valence electrons. The summed E-state index contributed by atoms with van der Waals surface area (Å²) in [6, 6.07) is 11.2. The highest BCUT2D eigenvalue weighted by molar-refractivity contribution is 6.03. The maximum absolute atomic E-state index is 13.0. The number of imidazole rings is 1. The number of benzene rings is 1. The Kier molecular flexibility index (Phi) is 2.72. The predicted octanol–water partition coefficient (Wildman–Crippen LogP) is 2.73. The summed E-state index contributed by atoms with van der Waals surface area (Å²) in [4.78, 5) is 16.2. The van der Waals surface area contributed by atoms with Crippen LogP contribution in [0, 0.1) is 5.82 Å². The minimum absolute atomic E-state index is 0.287. The second-order valence-electron chi connectivity index (χ2n) is 4.06. The number of pyridine rings is 1. The molecule has 0 unspecified atom stereocenters. The van der Waals surface area contributed by atoms with Gasteiger partial charge in [-0.1, -0.05) is 12.1 Å². The van der Waals surface area contributed by atoms with E-state index in [0.29, 0.717) is 11.3 Å². The van der Waals surface area contributed by atoms with Gasteiger partial charge in [0, 0.05) is 18.1 Å². The van der Waals surface area contributed by atoms with Gasteiger partial charge in [-0.05, 0) is 30.3 Å². The summed E-state index contributed by atoms with van der Waals surface area (Å²) in [5.74, 6) is -0.762. The highest BCUT2D eigenvalue weighted by atomic mass is 19.1. The number of anilines is 1. The molecule has 0 aliphatic rings. The van der Waals surface area contributed by atoms with Crippen LogP contribution in [0.4, 0.5) is 10.1 Å². The molecule has 0 fully saturated rings. The van der Waals surface area contributed by atoms with Gasteiger partial charge in [-0.2, -0.15) is 0 Å². The van der Waals surface area contributed by atoms with Crippen molar-refractivity contribution in [3.05, 3.63) is 66.4 Å². The second kappa shape index (κ2) is 4.53. The number of amides is 1. The van der Waals surface area contributed by atoms with Crippen LogP contribution < -0.4 is 5.32 Å². The van der Waals surface area contributed by atoms with Gasteiger partial charge in [0.2, 0.25) is 0 Å². The first-order chi connectivity index (χ1) is 9.22. The van der Waals surface area contributed by atoms with Crippen LogP contribution >= 0.6 is 0 Å². The molecule has 5 heteroatoms. The van der Waals surface area contributed by atoms with E-state index in [-0.39, 0.29) is 11.6 Å². The van der Waals surface area contributed by atoms with Crippen molar-refractivity contribution in [2.45, 2.75) is 0 Å². The Morgan fingerprint density at radius 3 is 2.89 bits per heavy atom. The van der Waals surface area contributed by atoms with E-state index in [2.05, 4.69) is 10.3 Å². The Morgan fingerprint density at radius 1 is 1.21 bits per heavy atom. The van der Waals surface area contributed by atoms with Gasteiger partial charge in [0.15, 0.2) is 0 Å².